The van der Waals surface area contributed by atoms with Crippen molar-refractivity contribution in [2.75, 3.05) is 28.5 Å². The molecule has 0 atom stereocenters. The summed E-state index contributed by atoms with van der Waals surface area (Å²) in [6.07, 6.45) is 2.71. The van der Waals surface area contributed by atoms with Crippen LogP contribution in [0, 0.1) is 5.82 Å². The molecule has 2 aromatic carbocycles. The topological polar surface area (TPSA) is 111 Å². The van der Waals surface area contributed by atoms with Gasteiger partial charge in [-0.05, 0) is 54.8 Å². The summed E-state index contributed by atoms with van der Waals surface area (Å²) in [4.78, 5) is 27.4. The van der Waals surface area contributed by atoms with Crippen LogP contribution in [0.15, 0.2) is 48.7 Å². The molecule has 31 heavy (non-hydrogen) atoms. The van der Waals surface area contributed by atoms with Gasteiger partial charge in [-0.15, -0.1) is 0 Å². The lowest BCUT2D eigenvalue weighted by atomic mass is 10.1. The number of aromatic amines is 1. The van der Waals surface area contributed by atoms with Crippen molar-refractivity contribution in [1.82, 2.24) is 10.3 Å². The van der Waals surface area contributed by atoms with Crippen molar-refractivity contribution in [3.8, 4) is 0 Å². The third-order valence-electron chi connectivity index (χ3n) is 5.11. The van der Waals surface area contributed by atoms with Gasteiger partial charge < -0.3 is 15.6 Å². The fourth-order valence-corrected chi connectivity index (χ4v) is 5.16. The van der Waals surface area contributed by atoms with E-state index in [1.807, 2.05) is 0 Å². The van der Waals surface area contributed by atoms with Gasteiger partial charge in [-0.25, -0.2) is 12.8 Å². The van der Waals surface area contributed by atoms with E-state index in [4.69, 9.17) is 0 Å². The highest BCUT2D eigenvalue weighted by Gasteiger charge is 2.28. The monoisotopic (exact) mass is 444 g/mol. The van der Waals surface area contributed by atoms with Gasteiger partial charge in [-0.2, -0.15) is 0 Å². The third kappa shape index (κ3) is 4.53. The SMILES string of the molecule is O=C(NCCc1c[nH]c2ccc(F)cc12)C(=O)Nc1cccc(N2CCCS2(=O)=O)c1. The van der Waals surface area contributed by atoms with Gasteiger partial charge in [0.2, 0.25) is 10.0 Å². The highest BCUT2D eigenvalue weighted by atomic mass is 32.2. The minimum atomic E-state index is -3.34. The number of carbonyl (C=O) groups is 2. The van der Waals surface area contributed by atoms with E-state index >= 15 is 0 Å². The standard InChI is InChI=1S/C21H21FN4O4S/c22-15-5-6-19-18(11-15)14(13-24-19)7-8-23-20(27)21(28)25-16-3-1-4-17(12-16)26-9-2-10-31(26,29)30/h1,3-6,11-13,24H,2,7-10H2,(H,23,27)(H,25,28). The second-order valence-corrected chi connectivity index (χ2v) is 9.27. The number of carbonyl (C=O) groups excluding carboxylic acids is 2. The first kappa shape index (κ1) is 20.9. The zero-order valence-electron chi connectivity index (χ0n) is 16.5. The molecule has 0 saturated carbocycles. The molecule has 1 aromatic heterocycles. The Morgan fingerprint density at radius 2 is 1.97 bits per heavy atom. The van der Waals surface area contributed by atoms with E-state index in [1.165, 1.54) is 22.5 Å². The maximum absolute atomic E-state index is 13.5. The summed E-state index contributed by atoms with van der Waals surface area (Å²) in [5.74, 6) is -1.92. The smallest absolute Gasteiger partial charge is 0.313 e. The van der Waals surface area contributed by atoms with Crippen molar-refractivity contribution >= 4 is 44.1 Å². The Hall–Kier alpha value is -3.40. The van der Waals surface area contributed by atoms with Crippen LogP contribution < -0.4 is 14.9 Å². The molecule has 0 radical (unpaired) electrons. The summed E-state index contributed by atoms with van der Waals surface area (Å²) >= 11 is 0. The van der Waals surface area contributed by atoms with Crippen LogP contribution in [0.25, 0.3) is 10.9 Å². The molecule has 2 amide bonds. The van der Waals surface area contributed by atoms with Crippen LogP contribution in [0.4, 0.5) is 15.8 Å². The number of halogens is 1. The van der Waals surface area contributed by atoms with Gasteiger partial charge in [-0.3, -0.25) is 13.9 Å². The summed E-state index contributed by atoms with van der Waals surface area (Å²) < 4.78 is 38.9. The number of anilines is 2. The number of aromatic nitrogens is 1. The molecule has 1 saturated heterocycles. The van der Waals surface area contributed by atoms with Gasteiger partial charge in [0.25, 0.3) is 0 Å². The molecule has 0 unspecified atom stereocenters. The van der Waals surface area contributed by atoms with E-state index < -0.39 is 21.8 Å². The van der Waals surface area contributed by atoms with Crippen LogP contribution in [0.2, 0.25) is 0 Å². The number of hydrogen-bond donors (Lipinski definition) is 3. The Kier molecular flexibility index (Phi) is 5.64. The first-order valence-electron chi connectivity index (χ1n) is 9.79. The van der Waals surface area contributed by atoms with Crippen molar-refractivity contribution in [2.24, 2.45) is 0 Å². The summed E-state index contributed by atoms with van der Waals surface area (Å²) in [7, 11) is -3.34. The number of nitrogens with one attached hydrogen (secondary N) is 3. The average Bonchev–Trinajstić information content (AvgIpc) is 3.30. The molecule has 162 valence electrons. The van der Waals surface area contributed by atoms with Crippen LogP contribution in [-0.2, 0) is 26.0 Å². The Morgan fingerprint density at radius 1 is 1.13 bits per heavy atom. The van der Waals surface area contributed by atoms with Crippen molar-refractivity contribution < 1.29 is 22.4 Å². The number of rotatable bonds is 5. The maximum atomic E-state index is 13.5. The molecule has 10 heteroatoms. The molecule has 0 aliphatic carbocycles. The van der Waals surface area contributed by atoms with Crippen molar-refractivity contribution in [3.63, 3.8) is 0 Å². The predicted octanol–water partition coefficient (Wildman–Crippen LogP) is 2.14. The van der Waals surface area contributed by atoms with E-state index in [1.54, 1.807) is 30.5 Å². The number of sulfonamides is 1. The molecule has 1 aliphatic heterocycles. The molecule has 1 fully saturated rings. The first-order chi connectivity index (χ1) is 14.8. The van der Waals surface area contributed by atoms with Gasteiger partial charge in [0.15, 0.2) is 0 Å². The van der Waals surface area contributed by atoms with Gasteiger partial charge >= 0.3 is 11.8 Å². The lowest BCUT2D eigenvalue weighted by molar-refractivity contribution is -0.136. The molecule has 0 bridgehead atoms. The van der Waals surface area contributed by atoms with Crippen molar-refractivity contribution in [1.29, 1.82) is 0 Å². The maximum Gasteiger partial charge on any atom is 0.313 e. The highest BCUT2D eigenvalue weighted by Crippen LogP contribution is 2.26. The van der Waals surface area contributed by atoms with Crippen molar-refractivity contribution in [3.05, 3.63) is 60.0 Å². The summed E-state index contributed by atoms with van der Waals surface area (Å²) in [6, 6.07) is 10.8. The van der Waals surface area contributed by atoms with Crippen LogP contribution >= 0.6 is 0 Å². The second-order valence-electron chi connectivity index (χ2n) is 7.26. The summed E-state index contributed by atoms with van der Waals surface area (Å²) in [6.45, 7) is 0.583. The Bertz CT molecular complexity index is 1260. The molecule has 2 heterocycles. The number of hydrogen-bond acceptors (Lipinski definition) is 4. The van der Waals surface area contributed by atoms with E-state index in [0.717, 1.165) is 16.5 Å². The quantitative estimate of drug-likeness (QED) is 0.524. The molecule has 0 spiro atoms. The Labute approximate surface area is 178 Å². The Balaban J connectivity index is 1.34. The number of amides is 2. The molecular formula is C21H21FN4O4S. The molecule has 4 rings (SSSR count). The second kappa shape index (κ2) is 8.38. The van der Waals surface area contributed by atoms with E-state index in [-0.39, 0.29) is 18.1 Å². The first-order valence-corrected chi connectivity index (χ1v) is 11.4. The molecule has 3 aromatic rings. The lowest BCUT2D eigenvalue weighted by Crippen LogP contribution is -2.36. The van der Waals surface area contributed by atoms with Crippen LogP contribution in [0.5, 0.6) is 0 Å². The number of nitrogens with zero attached hydrogens (tertiary/aromatic N) is 1. The minimum Gasteiger partial charge on any atom is -0.361 e. The zero-order valence-corrected chi connectivity index (χ0v) is 17.3. The van der Waals surface area contributed by atoms with E-state index in [0.29, 0.717) is 30.8 Å². The molecule has 3 N–H and O–H groups in total. The molecule has 8 nitrogen and oxygen atoms in total. The van der Waals surface area contributed by atoms with Crippen LogP contribution in [0.3, 0.4) is 0 Å². The Morgan fingerprint density at radius 3 is 2.74 bits per heavy atom. The molecular weight excluding hydrogens is 423 g/mol. The number of H-pyrrole nitrogens is 1. The van der Waals surface area contributed by atoms with Gasteiger partial charge in [-0.1, -0.05) is 6.07 Å². The predicted molar refractivity (Wildman–Crippen MR) is 116 cm³/mol. The van der Waals surface area contributed by atoms with E-state index in [2.05, 4.69) is 15.6 Å². The van der Waals surface area contributed by atoms with Crippen LogP contribution in [-0.4, -0.2) is 44.1 Å². The van der Waals surface area contributed by atoms with Crippen LogP contribution in [0.1, 0.15) is 12.0 Å². The largest absolute Gasteiger partial charge is 0.361 e. The van der Waals surface area contributed by atoms with Gasteiger partial charge in [0.1, 0.15) is 5.82 Å². The average molecular weight is 444 g/mol. The van der Waals surface area contributed by atoms with Gasteiger partial charge in [0.05, 0.1) is 11.4 Å². The normalized spacial score (nSPS) is 15.2. The lowest BCUT2D eigenvalue weighted by Gasteiger charge is -2.17. The summed E-state index contributed by atoms with van der Waals surface area (Å²) in [5.41, 5.74) is 2.39. The fraction of sp³-hybridized carbons (Fsp3) is 0.238. The highest BCUT2D eigenvalue weighted by molar-refractivity contribution is 7.93. The minimum absolute atomic E-state index is 0.0923. The third-order valence-corrected chi connectivity index (χ3v) is 6.98. The van der Waals surface area contributed by atoms with Crippen molar-refractivity contribution in [2.45, 2.75) is 12.8 Å². The molecule has 1 aliphatic rings. The number of benzene rings is 2. The van der Waals surface area contributed by atoms with E-state index in [9.17, 15) is 22.4 Å². The van der Waals surface area contributed by atoms with Gasteiger partial charge in [0, 0.05) is 35.9 Å². The summed E-state index contributed by atoms with van der Waals surface area (Å²) in [5, 5.41) is 5.75. The zero-order chi connectivity index (χ0) is 22.0. The fourth-order valence-electron chi connectivity index (χ4n) is 3.60. The number of fused-ring (bicyclic) bond motifs is 1.